The molecule has 2 aliphatic rings. The van der Waals surface area contributed by atoms with Gasteiger partial charge >= 0.3 is 6.03 Å². The summed E-state index contributed by atoms with van der Waals surface area (Å²) in [5, 5.41) is 2.93. The van der Waals surface area contributed by atoms with Crippen molar-refractivity contribution in [1.82, 2.24) is 9.80 Å². The standard InChI is InChI=1S/C21H31N3O3/c1-15-7-5-6-12-24(15)19(25)17-8-10-18(11-9-17)22-20(26)23-13-16(2)27-21(3,4)14-23/h8-11,15-16H,5-7,12-14H2,1-4H3,(H,22,26). The lowest BCUT2D eigenvalue weighted by molar-refractivity contribution is -0.116. The molecule has 3 rings (SSSR count). The Hall–Kier alpha value is -2.08. The van der Waals surface area contributed by atoms with Crippen molar-refractivity contribution >= 4 is 17.6 Å². The smallest absolute Gasteiger partial charge is 0.322 e. The highest BCUT2D eigenvalue weighted by Crippen LogP contribution is 2.23. The number of hydrogen-bond donors (Lipinski definition) is 1. The van der Waals surface area contributed by atoms with Gasteiger partial charge in [-0.1, -0.05) is 0 Å². The van der Waals surface area contributed by atoms with Crippen molar-refractivity contribution in [3.8, 4) is 0 Å². The number of hydrogen-bond acceptors (Lipinski definition) is 3. The van der Waals surface area contributed by atoms with Crippen molar-refractivity contribution in [1.29, 1.82) is 0 Å². The Morgan fingerprint density at radius 1 is 1.15 bits per heavy atom. The molecule has 2 unspecified atom stereocenters. The number of ether oxygens (including phenoxy) is 1. The lowest BCUT2D eigenvalue weighted by Crippen LogP contribution is -2.54. The second-order valence-electron chi connectivity index (χ2n) is 8.42. The maximum Gasteiger partial charge on any atom is 0.322 e. The number of amides is 3. The van der Waals surface area contributed by atoms with E-state index in [1.54, 1.807) is 29.2 Å². The molecule has 2 atom stereocenters. The van der Waals surface area contributed by atoms with Crippen LogP contribution in [0.3, 0.4) is 0 Å². The molecule has 1 aromatic rings. The third-order valence-electron chi connectivity index (χ3n) is 5.30. The molecule has 1 N–H and O–H groups in total. The van der Waals surface area contributed by atoms with E-state index in [0.29, 0.717) is 24.3 Å². The molecule has 2 aliphatic heterocycles. The van der Waals surface area contributed by atoms with Gasteiger partial charge in [-0.25, -0.2) is 4.79 Å². The third-order valence-corrected chi connectivity index (χ3v) is 5.30. The summed E-state index contributed by atoms with van der Waals surface area (Å²) in [4.78, 5) is 29.0. The van der Waals surface area contributed by atoms with E-state index in [1.807, 2.05) is 25.7 Å². The number of urea groups is 1. The predicted molar refractivity (Wildman–Crippen MR) is 106 cm³/mol. The Kier molecular flexibility index (Phi) is 5.75. The molecular weight excluding hydrogens is 342 g/mol. The van der Waals surface area contributed by atoms with Gasteiger partial charge < -0.3 is 19.9 Å². The van der Waals surface area contributed by atoms with E-state index in [1.165, 1.54) is 6.42 Å². The monoisotopic (exact) mass is 373 g/mol. The van der Waals surface area contributed by atoms with Crippen LogP contribution in [0.1, 0.15) is 57.3 Å². The molecule has 6 nitrogen and oxygen atoms in total. The van der Waals surface area contributed by atoms with Crippen LogP contribution in [0.2, 0.25) is 0 Å². The molecule has 27 heavy (non-hydrogen) atoms. The minimum Gasteiger partial charge on any atom is -0.369 e. The zero-order chi connectivity index (χ0) is 19.6. The van der Waals surface area contributed by atoms with E-state index < -0.39 is 0 Å². The van der Waals surface area contributed by atoms with Gasteiger partial charge in [0.05, 0.1) is 18.2 Å². The van der Waals surface area contributed by atoms with Crippen LogP contribution < -0.4 is 5.32 Å². The van der Waals surface area contributed by atoms with Crippen molar-refractivity contribution in [3.05, 3.63) is 29.8 Å². The van der Waals surface area contributed by atoms with E-state index in [0.717, 1.165) is 19.4 Å². The Balaban J connectivity index is 1.62. The van der Waals surface area contributed by atoms with Gasteiger partial charge in [-0.2, -0.15) is 0 Å². The summed E-state index contributed by atoms with van der Waals surface area (Å²) in [6.07, 6.45) is 3.32. The first-order valence-corrected chi connectivity index (χ1v) is 9.90. The zero-order valence-corrected chi connectivity index (χ0v) is 16.8. The fourth-order valence-electron chi connectivity index (χ4n) is 4.07. The van der Waals surface area contributed by atoms with Crippen molar-refractivity contribution in [2.24, 2.45) is 0 Å². The summed E-state index contributed by atoms with van der Waals surface area (Å²) in [6.45, 7) is 10.0. The predicted octanol–water partition coefficient (Wildman–Crippen LogP) is 3.73. The first kappa shape index (κ1) is 19.7. The molecule has 0 bridgehead atoms. The van der Waals surface area contributed by atoms with Crippen LogP contribution >= 0.6 is 0 Å². The van der Waals surface area contributed by atoms with E-state index >= 15 is 0 Å². The number of nitrogens with zero attached hydrogens (tertiary/aromatic N) is 2. The Morgan fingerprint density at radius 3 is 2.48 bits per heavy atom. The van der Waals surface area contributed by atoms with Gasteiger partial charge in [-0.15, -0.1) is 0 Å². The van der Waals surface area contributed by atoms with Crippen molar-refractivity contribution < 1.29 is 14.3 Å². The van der Waals surface area contributed by atoms with Crippen LogP contribution in [-0.2, 0) is 4.74 Å². The number of carbonyl (C=O) groups is 2. The van der Waals surface area contributed by atoms with Crippen LogP contribution in [0.15, 0.2) is 24.3 Å². The number of likely N-dealkylation sites (tertiary alicyclic amines) is 1. The Labute approximate surface area is 161 Å². The van der Waals surface area contributed by atoms with Crippen LogP contribution in [0.25, 0.3) is 0 Å². The number of benzene rings is 1. The number of rotatable bonds is 2. The molecule has 2 heterocycles. The summed E-state index contributed by atoms with van der Waals surface area (Å²) in [5.74, 6) is 0.0730. The van der Waals surface area contributed by atoms with E-state index in [2.05, 4.69) is 12.2 Å². The summed E-state index contributed by atoms with van der Waals surface area (Å²) in [6, 6.07) is 7.35. The van der Waals surface area contributed by atoms with Gasteiger partial charge in [0.2, 0.25) is 0 Å². The fourth-order valence-corrected chi connectivity index (χ4v) is 4.07. The molecule has 0 saturated carbocycles. The summed E-state index contributed by atoms with van der Waals surface area (Å²) in [5.41, 5.74) is 1.01. The molecule has 0 aromatic heterocycles. The van der Waals surface area contributed by atoms with Gasteiger partial charge in [0.25, 0.3) is 5.91 Å². The van der Waals surface area contributed by atoms with Crippen LogP contribution in [0.4, 0.5) is 10.5 Å². The fraction of sp³-hybridized carbons (Fsp3) is 0.619. The maximum absolute atomic E-state index is 12.7. The van der Waals surface area contributed by atoms with Gasteiger partial charge in [0.1, 0.15) is 0 Å². The second-order valence-corrected chi connectivity index (χ2v) is 8.42. The molecule has 0 radical (unpaired) electrons. The third kappa shape index (κ3) is 4.80. The molecule has 1 aromatic carbocycles. The molecular formula is C21H31N3O3. The van der Waals surface area contributed by atoms with Gasteiger partial charge in [0, 0.05) is 30.4 Å². The number of piperidine rings is 1. The molecule has 3 amide bonds. The van der Waals surface area contributed by atoms with Crippen molar-refractivity contribution in [2.45, 2.75) is 64.7 Å². The van der Waals surface area contributed by atoms with E-state index in [-0.39, 0.29) is 29.7 Å². The molecule has 2 fully saturated rings. The number of anilines is 1. The summed E-state index contributed by atoms with van der Waals surface area (Å²) >= 11 is 0. The molecule has 6 heteroatoms. The highest BCUT2D eigenvalue weighted by atomic mass is 16.5. The van der Waals surface area contributed by atoms with Gasteiger partial charge in [-0.3, -0.25) is 4.79 Å². The normalized spacial score (nSPS) is 25.2. The quantitative estimate of drug-likeness (QED) is 0.859. The van der Waals surface area contributed by atoms with Gasteiger partial charge in [-0.05, 0) is 71.2 Å². The lowest BCUT2D eigenvalue weighted by Gasteiger charge is -2.41. The minimum absolute atomic E-state index is 0.00558. The van der Waals surface area contributed by atoms with Crippen LogP contribution in [0.5, 0.6) is 0 Å². The zero-order valence-electron chi connectivity index (χ0n) is 16.8. The van der Waals surface area contributed by atoms with Crippen LogP contribution in [0, 0.1) is 0 Å². The highest BCUT2D eigenvalue weighted by Gasteiger charge is 2.33. The number of morpholine rings is 1. The Bertz CT molecular complexity index is 686. The Morgan fingerprint density at radius 2 is 1.85 bits per heavy atom. The summed E-state index contributed by atoms with van der Waals surface area (Å²) in [7, 11) is 0. The van der Waals surface area contributed by atoms with Crippen LogP contribution in [-0.4, -0.2) is 59.1 Å². The minimum atomic E-state index is -0.351. The van der Waals surface area contributed by atoms with Gasteiger partial charge in [0.15, 0.2) is 0 Å². The molecule has 148 valence electrons. The molecule has 2 saturated heterocycles. The average Bonchev–Trinajstić information content (AvgIpc) is 2.60. The topological polar surface area (TPSA) is 61.9 Å². The van der Waals surface area contributed by atoms with E-state index in [9.17, 15) is 9.59 Å². The molecule has 0 spiro atoms. The lowest BCUT2D eigenvalue weighted by atomic mass is 10.0. The van der Waals surface area contributed by atoms with Crippen molar-refractivity contribution in [2.75, 3.05) is 25.0 Å². The first-order chi connectivity index (χ1) is 12.7. The maximum atomic E-state index is 12.7. The summed E-state index contributed by atoms with van der Waals surface area (Å²) < 4.78 is 5.85. The van der Waals surface area contributed by atoms with Crippen molar-refractivity contribution in [3.63, 3.8) is 0 Å². The number of nitrogens with one attached hydrogen (secondary N) is 1. The largest absolute Gasteiger partial charge is 0.369 e. The SMILES string of the molecule is CC1CN(C(=O)Nc2ccc(C(=O)N3CCCCC3C)cc2)CC(C)(C)O1. The second kappa shape index (κ2) is 7.89. The van der Waals surface area contributed by atoms with E-state index in [4.69, 9.17) is 4.74 Å². The highest BCUT2D eigenvalue weighted by molar-refractivity contribution is 5.95. The average molecular weight is 373 g/mol. The first-order valence-electron chi connectivity index (χ1n) is 9.90. The number of carbonyl (C=O) groups excluding carboxylic acids is 2. The molecule has 0 aliphatic carbocycles.